The van der Waals surface area contributed by atoms with Crippen molar-refractivity contribution in [3.8, 4) is 28.4 Å². The van der Waals surface area contributed by atoms with Crippen LogP contribution in [0.5, 0.6) is 17.2 Å². The minimum atomic E-state index is 0.314. The van der Waals surface area contributed by atoms with Crippen molar-refractivity contribution < 1.29 is 14.2 Å². The number of nitrogens with zero attached hydrogens (tertiary/aromatic N) is 3. The number of hydrazone groups is 1. The molecule has 0 spiro atoms. The van der Waals surface area contributed by atoms with Crippen LogP contribution in [0.1, 0.15) is 22.7 Å². The Morgan fingerprint density at radius 1 is 0.727 bits per heavy atom. The quantitative estimate of drug-likeness (QED) is 0.528. The van der Waals surface area contributed by atoms with E-state index in [0.717, 1.165) is 31.7 Å². The maximum absolute atomic E-state index is 5.58. The van der Waals surface area contributed by atoms with Gasteiger partial charge in [0.2, 0.25) is 5.75 Å². The summed E-state index contributed by atoms with van der Waals surface area (Å²) in [6.45, 7) is 3.64. The molecule has 1 aliphatic heterocycles. The van der Waals surface area contributed by atoms with Gasteiger partial charge >= 0.3 is 0 Å². The zero-order chi connectivity index (χ0) is 22.8. The molecule has 170 valence electrons. The Labute approximate surface area is 195 Å². The van der Waals surface area contributed by atoms with Gasteiger partial charge in [-0.3, -0.25) is 9.91 Å². The van der Waals surface area contributed by atoms with Crippen molar-refractivity contribution in [2.24, 2.45) is 5.10 Å². The molecule has 0 unspecified atom stereocenters. The summed E-state index contributed by atoms with van der Waals surface area (Å²) < 4.78 is 16.4. The average molecular weight is 444 g/mol. The SMILES string of the molecule is COc1ccc(/C=N/N2CCN(C3c4ccccc4-c4ccccc43)CC2)c(OC)c1OC. The van der Waals surface area contributed by atoms with E-state index in [0.29, 0.717) is 23.3 Å². The highest BCUT2D eigenvalue weighted by atomic mass is 16.5. The summed E-state index contributed by atoms with van der Waals surface area (Å²) in [6.07, 6.45) is 1.84. The van der Waals surface area contributed by atoms with Crippen LogP contribution < -0.4 is 14.2 Å². The number of fused-ring (bicyclic) bond motifs is 3. The third-order valence-electron chi connectivity index (χ3n) is 6.55. The van der Waals surface area contributed by atoms with E-state index in [-0.39, 0.29) is 0 Å². The molecule has 0 saturated carbocycles. The maximum Gasteiger partial charge on any atom is 0.203 e. The van der Waals surface area contributed by atoms with Crippen LogP contribution in [0, 0.1) is 0 Å². The predicted octanol–water partition coefficient (Wildman–Crippen LogP) is 4.43. The number of hydrogen-bond donors (Lipinski definition) is 0. The van der Waals surface area contributed by atoms with Crippen LogP contribution in [0.3, 0.4) is 0 Å². The van der Waals surface area contributed by atoms with E-state index < -0.39 is 0 Å². The topological polar surface area (TPSA) is 46.5 Å². The van der Waals surface area contributed by atoms with Crippen molar-refractivity contribution in [1.82, 2.24) is 9.91 Å². The van der Waals surface area contributed by atoms with E-state index in [2.05, 4.69) is 58.4 Å². The van der Waals surface area contributed by atoms with Crippen molar-refractivity contribution in [2.75, 3.05) is 47.5 Å². The Balaban J connectivity index is 1.31. The summed E-state index contributed by atoms with van der Waals surface area (Å²) in [6, 6.07) is 21.7. The molecule has 3 aromatic carbocycles. The summed E-state index contributed by atoms with van der Waals surface area (Å²) in [5.74, 6) is 1.84. The van der Waals surface area contributed by atoms with Crippen molar-refractivity contribution in [3.63, 3.8) is 0 Å². The molecule has 6 heteroatoms. The predicted molar refractivity (Wildman–Crippen MR) is 131 cm³/mol. The summed E-state index contributed by atoms with van der Waals surface area (Å²) in [7, 11) is 4.86. The van der Waals surface area contributed by atoms with Crippen LogP contribution in [0.4, 0.5) is 0 Å². The first-order chi connectivity index (χ1) is 16.2. The van der Waals surface area contributed by atoms with Gasteiger partial charge in [-0.15, -0.1) is 0 Å². The van der Waals surface area contributed by atoms with Crippen LogP contribution in [0.15, 0.2) is 65.8 Å². The molecule has 0 atom stereocenters. The third-order valence-corrected chi connectivity index (χ3v) is 6.55. The normalized spacial score (nSPS) is 16.0. The molecule has 1 aliphatic carbocycles. The largest absolute Gasteiger partial charge is 0.493 e. The summed E-state index contributed by atoms with van der Waals surface area (Å²) in [5.41, 5.74) is 6.39. The molecule has 0 radical (unpaired) electrons. The van der Waals surface area contributed by atoms with Crippen molar-refractivity contribution in [2.45, 2.75) is 6.04 Å². The van der Waals surface area contributed by atoms with E-state index in [1.54, 1.807) is 21.3 Å². The smallest absolute Gasteiger partial charge is 0.203 e. The Hall–Kier alpha value is -3.51. The van der Waals surface area contributed by atoms with Crippen molar-refractivity contribution >= 4 is 6.21 Å². The van der Waals surface area contributed by atoms with Gasteiger partial charge in [0.25, 0.3) is 0 Å². The molecular weight excluding hydrogens is 414 g/mol. The van der Waals surface area contributed by atoms with Gasteiger partial charge in [0.15, 0.2) is 11.5 Å². The molecule has 1 fully saturated rings. The standard InChI is InChI=1S/C27H29N3O3/c1-31-24-13-12-19(26(32-2)27(24)33-3)18-28-30-16-14-29(15-17-30)25-22-10-6-4-8-20(22)21-9-5-7-11-23(21)25/h4-13,18,25H,14-17H2,1-3H3/b28-18+. The lowest BCUT2D eigenvalue weighted by atomic mass is 10.0. The first-order valence-electron chi connectivity index (χ1n) is 11.2. The van der Waals surface area contributed by atoms with Crippen LogP contribution in [0.25, 0.3) is 11.1 Å². The van der Waals surface area contributed by atoms with Crippen LogP contribution in [-0.4, -0.2) is 63.6 Å². The van der Waals surface area contributed by atoms with Crippen molar-refractivity contribution in [1.29, 1.82) is 0 Å². The van der Waals surface area contributed by atoms with Gasteiger partial charge in [0, 0.05) is 31.7 Å². The molecule has 3 aromatic rings. The summed E-state index contributed by atoms with van der Waals surface area (Å²) >= 11 is 0. The molecule has 0 bridgehead atoms. The Kier molecular flexibility index (Phi) is 5.92. The second kappa shape index (κ2) is 9.16. The van der Waals surface area contributed by atoms with Crippen LogP contribution >= 0.6 is 0 Å². The fourth-order valence-electron chi connectivity index (χ4n) is 4.98. The van der Waals surface area contributed by atoms with E-state index in [9.17, 15) is 0 Å². The summed E-state index contributed by atoms with van der Waals surface area (Å²) in [4.78, 5) is 2.58. The minimum Gasteiger partial charge on any atom is -0.493 e. The summed E-state index contributed by atoms with van der Waals surface area (Å²) in [5, 5.41) is 6.87. The van der Waals surface area contributed by atoms with Gasteiger partial charge in [-0.05, 0) is 34.4 Å². The number of methoxy groups -OCH3 is 3. The van der Waals surface area contributed by atoms with Gasteiger partial charge < -0.3 is 14.2 Å². The number of piperazine rings is 1. The maximum atomic E-state index is 5.58. The third kappa shape index (κ3) is 3.80. The molecule has 6 nitrogen and oxygen atoms in total. The molecule has 0 N–H and O–H groups in total. The molecule has 1 heterocycles. The first-order valence-corrected chi connectivity index (χ1v) is 11.2. The molecule has 1 saturated heterocycles. The van der Waals surface area contributed by atoms with E-state index in [1.165, 1.54) is 22.3 Å². The first kappa shape index (κ1) is 21.3. The molecule has 5 rings (SSSR count). The second-order valence-electron chi connectivity index (χ2n) is 8.23. The Bertz CT molecular complexity index is 1120. The Morgan fingerprint density at radius 2 is 1.33 bits per heavy atom. The monoisotopic (exact) mass is 443 g/mol. The van der Waals surface area contributed by atoms with E-state index in [4.69, 9.17) is 19.3 Å². The van der Waals surface area contributed by atoms with Gasteiger partial charge in [0.1, 0.15) is 0 Å². The van der Waals surface area contributed by atoms with Gasteiger partial charge in [-0.25, -0.2) is 0 Å². The zero-order valence-corrected chi connectivity index (χ0v) is 19.3. The number of rotatable bonds is 6. The van der Waals surface area contributed by atoms with Crippen LogP contribution in [0.2, 0.25) is 0 Å². The lowest BCUT2D eigenvalue weighted by Gasteiger charge is -2.37. The average Bonchev–Trinajstić information content (AvgIpc) is 3.21. The highest BCUT2D eigenvalue weighted by molar-refractivity contribution is 5.86. The second-order valence-corrected chi connectivity index (χ2v) is 8.23. The zero-order valence-electron chi connectivity index (χ0n) is 19.3. The van der Waals surface area contributed by atoms with Gasteiger partial charge in [-0.1, -0.05) is 48.5 Å². The molecule has 0 amide bonds. The molecular formula is C27H29N3O3. The minimum absolute atomic E-state index is 0.314. The number of ether oxygens (including phenoxy) is 3. The fraction of sp³-hybridized carbons (Fsp3) is 0.296. The van der Waals surface area contributed by atoms with Gasteiger partial charge in [0.05, 0.1) is 33.6 Å². The van der Waals surface area contributed by atoms with Crippen LogP contribution in [-0.2, 0) is 0 Å². The highest BCUT2D eigenvalue weighted by Gasteiger charge is 2.33. The lowest BCUT2D eigenvalue weighted by molar-refractivity contribution is 0.114. The number of benzene rings is 3. The van der Waals surface area contributed by atoms with Gasteiger partial charge in [-0.2, -0.15) is 5.10 Å². The molecule has 33 heavy (non-hydrogen) atoms. The Morgan fingerprint density at radius 3 is 1.91 bits per heavy atom. The highest BCUT2D eigenvalue weighted by Crippen LogP contribution is 2.46. The fourth-order valence-corrected chi connectivity index (χ4v) is 4.98. The number of hydrogen-bond acceptors (Lipinski definition) is 6. The van der Waals surface area contributed by atoms with Crippen molar-refractivity contribution in [3.05, 3.63) is 77.4 Å². The van der Waals surface area contributed by atoms with E-state index in [1.807, 2.05) is 18.3 Å². The van der Waals surface area contributed by atoms with E-state index >= 15 is 0 Å². The molecule has 0 aromatic heterocycles. The lowest BCUT2D eigenvalue weighted by Crippen LogP contribution is -2.45. The molecule has 2 aliphatic rings.